The quantitative estimate of drug-likeness (QED) is 0.406. The van der Waals surface area contributed by atoms with Crippen LogP contribution in [0.25, 0.3) is 11.1 Å². The second kappa shape index (κ2) is 8.86. The Bertz CT molecular complexity index is 1270. The van der Waals surface area contributed by atoms with Crippen LogP contribution in [-0.4, -0.2) is 38.7 Å². The van der Waals surface area contributed by atoms with Crippen molar-refractivity contribution in [2.24, 2.45) is 0 Å². The minimum absolute atomic E-state index is 0.197. The van der Waals surface area contributed by atoms with Crippen LogP contribution in [0.2, 0.25) is 0 Å². The van der Waals surface area contributed by atoms with E-state index in [1.54, 1.807) is 23.5 Å². The summed E-state index contributed by atoms with van der Waals surface area (Å²) in [6.07, 6.45) is -0.387. The molecule has 0 spiro atoms. The maximum Gasteiger partial charge on any atom is 0.362 e. The van der Waals surface area contributed by atoms with Gasteiger partial charge in [-0.05, 0) is 58.7 Å². The first-order valence-electron chi connectivity index (χ1n) is 9.77. The lowest BCUT2D eigenvalue weighted by Gasteiger charge is -2.30. The van der Waals surface area contributed by atoms with Gasteiger partial charge in [-0.25, -0.2) is 17.5 Å². The number of anilines is 1. The fourth-order valence-electron chi connectivity index (χ4n) is 3.54. The molecule has 1 aliphatic rings. The third kappa shape index (κ3) is 4.03. The molecule has 0 fully saturated rings. The molecule has 0 N–H and O–H groups in total. The van der Waals surface area contributed by atoms with E-state index in [0.29, 0.717) is 9.99 Å². The number of hydrogen-bond donors (Lipinski definition) is 0. The summed E-state index contributed by atoms with van der Waals surface area (Å²) < 4.78 is 32.4. The molecule has 2 heterocycles. The first kappa shape index (κ1) is 22.8. The molecule has 1 atom stereocenters. The molecule has 0 bridgehead atoms. The number of thiophene rings is 1. The number of hydrogen-bond acceptors (Lipinski definition) is 6. The Morgan fingerprint density at radius 1 is 1.16 bits per heavy atom. The van der Waals surface area contributed by atoms with Crippen molar-refractivity contribution in [3.63, 3.8) is 0 Å². The summed E-state index contributed by atoms with van der Waals surface area (Å²) in [5.74, 6) is 0.576. The zero-order chi connectivity index (χ0) is 23.0. The molecule has 10 heteroatoms. The van der Waals surface area contributed by atoms with E-state index in [1.165, 1.54) is 21.1 Å². The predicted molar refractivity (Wildman–Crippen MR) is 128 cm³/mol. The fraction of sp³-hybridized carbons (Fsp3) is 0.227. The van der Waals surface area contributed by atoms with Crippen LogP contribution in [0.15, 0.2) is 58.4 Å². The van der Waals surface area contributed by atoms with E-state index < -0.39 is 16.1 Å². The zero-order valence-corrected chi connectivity index (χ0v) is 20.8. The smallest absolute Gasteiger partial charge is 0.362 e. The van der Waals surface area contributed by atoms with E-state index in [1.807, 2.05) is 42.5 Å². The molecule has 4 rings (SSSR count). The van der Waals surface area contributed by atoms with E-state index >= 15 is 0 Å². The maximum absolute atomic E-state index is 12.9. The van der Waals surface area contributed by atoms with Crippen molar-refractivity contribution in [3.8, 4) is 16.9 Å². The number of urea groups is 1. The molecule has 2 aromatic carbocycles. The van der Waals surface area contributed by atoms with Crippen LogP contribution < -0.4 is 9.80 Å². The second-order valence-corrected chi connectivity index (χ2v) is 11.8. The lowest BCUT2D eigenvalue weighted by Crippen LogP contribution is -2.44. The van der Waals surface area contributed by atoms with E-state index in [9.17, 15) is 13.2 Å². The highest BCUT2D eigenvalue weighted by molar-refractivity contribution is 9.11. The Hall–Kier alpha value is -2.40. The van der Waals surface area contributed by atoms with Gasteiger partial charge in [-0.15, -0.1) is 11.3 Å². The number of amides is 2. The summed E-state index contributed by atoms with van der Waals surface area (Å²) in [5.41, 5.74) is 3.18. The van der Waals surface area contributed by atoms with Crippen LogP contribution in [0.3, 0.4) is 0 Å². The summed E-state index contributed by atoms with van der Waals surface area (Å²) in [5, 5.41) is 0.968. The number of rotatable bonds is 5. The molecule has 32 heavy (non-hydrogen) atoms. The van der Waals surface area contributed by atoms with Crippen LogP contribution >= 0.6 is 27.3 Å². The monoisotopic (exact) mass is 536 g/mol. The van der Waals surface area contributed by atoms with Crippen LogP contribution in [0.5, 0.6) is 5.75 Å². The number of carbonyl (C=O) groups excluding carboxylic acids is 1. The van der Waals surface area contributed by atoms with Gasteiger partial charge in [0.2, 0.25) is 10.0 Å². The summed E-state index contributed by atoms with van der Waals surface area (Å²) in [6, 6.07) is 16.4. The number of benzene rings is 2. The molecular weight excluding hydrogens is 516 g/mol. The highest BCUT2D eigenvalue weighted by Gasteiger charge is 2.32. The molecule has 2 amide bonds. The molecule has 1 aliphatic heterocycles. The Morgan fingerprint density at radius 2 is 1.91 bits per heavy atom. The van der Waals surface area contributed by atoms with Crippen LogP contribution in [0.4, 0.5) is 10.5 Å². The highest BCUT2D eigenvalue weighted by atomic mass is 79.9. The van der Waals surface area contributed by atoms with Gasteiger partial charge in [-0.1, -0.05) is 24.3 Å². The van der Waals surface area contributed by atoms with Gasteiger partial charge in [-0.2, -0.15) is 5.06 Å². The fourth-order valence-corrected chi connectivity index (χ4v) is 5.71. The zero-order valence-electron chi connectivity index (χ0n) is 17.6. The SMILES string of the molecule is CCS(=O)(=O)N(C)C(=O)N(OC)c1ccc2c(c1)C(c1ccc(Br)s1)Oc1ccccc1-2. The van der Waals surface area contributed by atoms with Gasteiger partial charge in [0.05, 0.1) is 27.2 Å². The molecule has 7 nitrogen and oxygen atoms in total. The van der Waals surface area contributed by atoms with Crippen molar-refractivity contribution in [3.05, 3.63) is 68.8 Å². The molecule has 0 saturated carbocycles. The normalized spacial score (nSPS) is 14.8. The Balaban J connectivity index is 1.81. The highest BCUT2D eigenvalue weighted by Crippen LogP contribution is 2.47. The van der Waals surface area contributed by atoms with Crippen molar-refractivity contribution in [2.45, 2.75) is 13.0 Å². The average Bonchev–Trinajstić information content (AvgIpc) is 3.24. The Labute approximate surface area is 199 Å². The van der Waals surface area contributed by atoms with E-state index in [2.05, 4.69) is 15.9 Å². The third-order valence-corrected chi connectivity index (χ3v) is 8.62. The maximum atomic E-state index is 12.9. The first-order chi connectivity index (χ1) is 15.3. The van der Waals surface area contributed by atoms with Gasteiger partial charge in [-0.3, -0.25) is 4.84 Å². The number of para-hydroxylation sites is 1. The van der Waals surface area contributed by atoms with Crippen molar-refractivity contribution >= 4 is 49.0 Å². The van der Waals surface area contributed by atoms with E-state index in [4.69, 9.17) is 9.57 Å². The van der Waals surface area contributed by atoms with Crippen LogP contribution in [-0.2, 0) is 14.9 Å². The summed E-state index contributed by atoms with van der Waals surface area (Å²) in [7, 11) is -1.19. The standard InChI is InChI=1S/C22H21BrN2O5S2/c1-4-32(27,28)24(2)22(26)25(29-3)14-9-10-15-16-7-5-6-8-18(16)30-21(17(15)13-14)19-11-12-20(23)31-19/h5-13,21H,4H2,1-3H3. The second-order valence-electron chi connectivity index (χ2n) is 7.04. The van der Waals surface area contributed by atoms with Crippen molar-refractivity contribution in [2.75, 3.05) is 25.0 Å². The van der Waals surface area contributed by atoms with E-state index in [-0.39, 0.29) is 11.9 Å². The lowest BCUT2D eigenvalue weighted by atomic mass is 9.91. The molecule has 3 aromatic rings. The summed E-state index contributed by atoms with van der Waals surface area (Å²) >= 11 is 5.07. The molecule has 1 unspecified atom stereocenters. The number of nitrogens with zero attached hydrogens (tertiary/aromatic N) is 2. The minimum atomic E-state index is -3.73. The minimum Gasteiger partial charge on any atom is -0.479 e. The van der Waals surface area contributed by atoms with Gasteiger partial charge in [0.15, 0.2) is 6.10 Å². The van der Waals surface area contributed by atoms with Gasteiger partial charge in [0.1, 0.15) is 5.75 Å². The van der Waals surface area contributed by atoms with Crippen molar-refractivity contribution in [1.29, 1.82) is 0 Å². The van der Waals surface area contributed by atoms with Crippen LogP contribution in [0, 0.1) is 0 Å². The Kier molecular flexibility index (Phi) is 6.30. The van der Waals surface area contributed by atoms with Gasteiger partial charge < -0.3 is 4.74 Å². The molecule has 0 saturated heterocycles. The number of hydroxylamine groups is 1. The topological polar surface area (TPSA) is 76.2 Å². The number of halogens is 1. The molecule has 0 aliphatic carbocycles. The molecule has 1 aromatic heterocycles. The largest absolute Gasteiger partial charge is 0.479 e. The molecule has 168 valence electrons. The van der Waals surface area contributed by atoms with Crippen molar-refractivity contribution < 1.29 is 22.8 Å². The van der Waals surface area contributed by atoms with E-state index in [0.717, 1.165) is 36.2 Å². The van der Waals surface area contributed by atoms with Gasteiger partial charge >= 0.3 is 6.03 Å². The van der Waals surface area contributed by atoms with Crippen LogP contribution in [0.1, 0.15) is 23.5 Å². The predicted octanol–water partition coefficient (Wildman–Crippen LogP) is 5.43. The number of fused-ring (bicyclic) bond motifs is 3. The third-order valence-electron chi connectivity index (χ3n) is 5.23. The summed E-state index contributed by atoms with van der Waals surface area (Å²) in [6.45, 7) is 1.48. The Morgan fingerprint density at radius 3 is 2.56 bits per heavy atom. The number of sulfonamides is 1. The van der Waals surface area contributed by atoms with Gasteiger partial charge in [0, 0.05) is 18.2 Å². The average molecular weight is 537 g/mol. The molecular formula is C22H21BrN2O5S2. The number of ether oxygens (including phenoxy) is 1. The summed E-state index contributed by atoms with van der Waals surface area (Å²) in [4.78, 5) is 19.2. The number of carbonyl (C=O) groups is 1. The molecule has 0 radical (unpaired) electrons. The van der Waals surface area contributed by atoms with Gasteiger partial charge in [0.25, 0.3) is 0 Å². The lowest BCUT2D eigenvalue weighted by molar-refractivity contribution is 0.154. The first-order valence-corrected chi connectivity index (χ1v) is 13.0. The van der Waals surface area contributed by atoms with Crippen molar-refractivity contribution in [1.82, 2.24) is 4.31 Å².